The number of amides is 1. The van der Waals surface area contributed by atoms with Gasteiger partial charge in [-0.15, -0.1) is 0 Å². The Labute approximate surface area is 199 Å². The summed E-state index contributed by atoms with van der Waals surface area (Å²) >= 11 is 0. The summed E-state index contributed by atoms with van der Waals surface area (Å²) in [5.41, 5.74) is 0.284. The van der Waals surface area contributed by atoms with Gasteiger partial charge in [-0.2, -0.15) is 4.31 Å². The van der Waals surface area contributed by atoms with Crippen molar-refractivity contribution in [1.29, 1.82) is 0 Å². The number of rotatable bonds is 7. The number of nitrogens with one attached hydrogen (secondary N) is 1. The van der Waals surface area contributed by atoms with Gasteiger partial charge in [0, 0.05) is 19.5 Å². The monoisotopic (exact) mass is 488 g/mol. The van der Waals surface area contributed by atoms with E-state index in [1.165, 1.54) is 66.0 Å². The first kappa shape index (κ1) is 23.3. The summed E-state index contributed by atoms with van der Waals surface area (Å²) in [5, 5.41) is 2.90. The molecule has 3 fully saturated rings. The van der Waals surface area contributed by atoms with Crippen molar-refractivity contribution >= 4 is 21.6 Å². The van der Waals surface area contributed by atoms with Crippen molar-refractivity contribution in [3.05, 3.63) is 48.3 Å². The molecule has 1 amide bonds. The van der Waals surface area contributed by atoms with Gasteiger partial charge in [0.25, 0.3) is 0 Å². The Hall–Kier alpha value is -2.49. The van der Waals surface area contributed by atoms with Crippen LogP contribution in [0.3, 0.4) is 0 Å². The van der Waals surface area contributed by atoms with Crippen LogP contribution in [0, 0.1) is 23.6 Å². The second-order valence-corrected chi connectivity index (χ2v) is 11.4. The van der Waals surface area contributed by atoms with E-state index < -0.39 is 15.8 Å². The van der Waals surface area contributed by atoms with Gasteiger partial charge in [-0.3, -0.25) is 4.79 Å². The van der Waals surface area contributed by atoms with E-state index in [1.807, 2.05) is 0 Å². The molecule has 0 unspecified atom stereocenters. The normalized spacial score (nSPS) is 24.8. The lowest BCUT2D eigenvalue weighted by atomic mass is 9.86. The molecule has 9 heteroatoms. The average molecular weight is 489 g/mol. The van der Waals surface area contributed by atoms with Gasteiger partial charge in [0.15, 0.2) is 5.75 Å². The minimum Gasteiger partial charge on any atom is -0.455 e. The molecule has 3 aliphatic rings. The van der Waals surface area contributed by atoms with Crippen LogP contribution in [0.1, 0.15) is 32.1 Å². The number of hydrogen-bond acceptors (Lipinski definition) is 5. The minimum absolute atomic E-state index is 0.0797. The van der Waals surface area contributed by atoms with Crippen LogP contribution in [-0.4, -0.2) is 44.9 Å². The highest BCUT2D eigenvalue weighted by molar-refractivity contribution is 7.89. The maximum atomic E-state index is 13.3. The number of benzene rings is 2. The molecular formula is C25H29FN2O5S. The number of anilines is 1. The predicted octanol–water partition coefficient (Wildman–Crippen LogP) is 4.40. The average Bonchev–Trinajstić information content (AvgIpc) is 3.45. The number of fused-ring (bicyclic) bond motifs is 2. The van der Waals surface area contributed by atoms with Crippen LogP contribution in [0.15, 0.2) is 47.4 Å². The van der Waals surface area contributed by atoms with E-state index in [0.29, 0.717) is 43.0 Å². The van der Waals surface area contributed by atoms with Gasteiger partial charge < -0.3 is 14.8 Å². The summed E-state index contributed by atoms with van der Waals surface area (Å²) in [7, 11) is -3.75. The van der Waals surface area contributed by atoms with E-state index >= 15 is 0 Å². The molecule has 1 saturated heterocycles. The van der Waals surface area contributed by atoms with E-state index in [1.54, 1.807) is 0 Å². The van der Waals surface area contributed by atoms with Crippen molar-refractivity contribution in [2.24, 2.45) is 17.8 Å². The zero-order valence-electron chi connectivity index (χ0n) is 18.9. The van der Waals surface area contributed by atoms with Gasteiger partial charge in [0.2, 0.25) is 15.9 Å². The molecule has 182 valence electrons. The number of morpholine rings is 1. The molecule has 7 nitrogen and oxygen atoms in total. The summed E-state index contributed by atoms with van der Waals surface area (Å²) in [5.74, 6) is 1.87. The second-order valence-electron chi connectivity index (χ2n) is 9.42. The summed E-state index contributed by atoms with van der Waals surface area (Å²) < 4.78 is 52.2. The standard InChI is InChI=1S/C25H29FN2O5S/c26-20-3-5-21(6-4-20)33-24-8-7-22(34(30,31)28-9-11-32-12-10-28)16-23(24)27-25(29)15-19-14-17-1-2-18(19)13-17/h3-8,16-19H,1-2,9-15H2,(H,27,29)/t17-,18-,19+/m0/s1. The summed E-state index contributed by atoms with van der Waals surface area (Å²) in [4.78, 5) is 13.0. The Balaban J connectivity index is 1.39. The first-order chi connectivity index (χ1) is 16.4. The van der Waals surface area contributed by atoms with E-state index in [9.17, 15) is 17.6 Å². The lowest BCUT2D eigenvalue weighted by Crippen LogP contribution is -2.40. The fourth-order valence-electron chi connectivity index (χ4n) is 5.49. The molecule has 0 aromatic heterocycles. The molecule has 2 aliphatic carbocycles. The van der Waals surface area contributed by atoms with Crippen LogP contribution in [0.25, 0.3) is 0 Å². The number of nitrogens with zero attached hydrogens (tertiary/aromatic N) is 1. The molecule has 2 saturated carbocycles. The summed E-state index contributed by atoms with van der Waals surface area (Å²) in [6, 6.07) is 9.96. The van der Waals surface area contributed by atoms with E-state index in [2.05, 4.69) is 5.32 Å². The summed E-state index contributed by atoms with van der Waals surface area (Å²) in [6.45, 7) is 1.25. The zero-order valence-corrected chi connectivity index (χ0v) is 19.7. The van der Waals surface area contributed by atoms with Gasteiger partial charge in [-0.25, -0.2) is 12.8 Å². The van der Waals surface area contributed by atoms with E-state index in [0.717, 1.165) is 12.3 Å². The maximum Gasteiger partial charge on any atom is 0.243 e. The van der Waals surface area contributed by atoms with Gasteiger partial charge in [-0.05, 0) is 79.5 Å². The zero-order chi connectivity index (χ0) is 23.7. The third-order valence-corrected chi connectivity index (χ3v) is 9.10. The van der Waals surface area contributed by atoms with Crippen molar-refractivity contribution in [3.8, 4) is 11.5 Å². The number of sulfonamides is 1. The molecule has 1 aliphatic heterocycles. The lowest BCUT2D eigenvalue weighted by molar-refractivity contribution is -0.117. The molecule has 0 radical (unpaired) electrons. The smallest absolute Gasteiger partial charge is 0.243 e. The van der Waals surface area contributed by atoms with Gasteiger partial charge in [0.05, 0.1) is 23.8 Å². The van der Waals surface area contributed by atoms with Crippen LogP contribution in [0.2, 0.25) is 0 Å². The van der Waals surface area contributed by atoms with Crippen molar-refractivity contribution in [2.45, 2.75) is 37.0 Å². The largest absolute Gasteiger partial charge is 0.455 e. The Morgan fingerprint density at radius 2 is 1.85 bits per heavy atom. The van der Waals surface area contributed by atoms with Crippen LogP contribution in [0.4, 0.5) is 10.1 Å². The molecular weight excluding hydrogens is 459 g/mol. The van der Waals surface area contributed by atoms with Crippen molar-refractivity contribution < 1.29 is 27.1 Å². The molecule has 0 spiro atoms. The Kier molecular flexibility index (Phi) is 6.59. The predicted molar refractivity (Wildman–Crippen MR) is 125 cm³/mol. The summed E-state index contributed by atoms with van der Waals surface area (Å²) in [6.07, 6.45) is 5.17. The maximum absolute atomic E-state index is 13.3. The van der Waals surface area contributed by atoms with Crippen molar-refractivity contribution in [2.75, 3.05) is 31.6 Å². The molecule has 1 N–H and O–H groups in total. The number of carbonyl (C=O) groups excluding carboxylic acids is 1. The molecule has 2 aromatic rings. The van der Waals surface area contributed by atoms with Gasteiger partial charge in [0.1, 0.15) is 11.6 Å². The molecule has 34 heavy (non-hydrogen) atoms. The van der Waals surface area contributed by atoms with Crippen LogP contribution < -0.4 is 10.1 Å². The highest BCUT2D eigenvalue weighted by Crippen LogP contribution is 2.49. The third-order valence-electron chi connectivity index (χ3n) is 7.21. The number of carbonyl (C=O) groups is 1. The topological polar surface area (TPSA) is 84.9 Å². The quantitative estimate of drug-likeness (QED) is 0.624. The fourth-order valence-corrected chi connectivity index (χ4v) is 6.92. The van der Waals surface area contributed by atoms with Crippen LogP contribution in [0.5, 0.6) is 11.5 Å². The SMILES string of the molecule is O=C(C[C@H]1C[C@H]2CC[C@H]1C2)Nc1cc(S(=O)(=O)N2CCOCC2)ccc1Oc1ccc(F)cc1. The third kappa shape index (κ3) is 4.96. The highest BCUT2D eigenvalue weighted by atomic mass is 32.2. The first-order valence-corrected chi connectivity index (χ1v) is 13.3. The molecule has 5 rings (SSSR count). The molecule has 1 heterocycles. The molecule has 2 bridgehead atoms. The minimum atomic E-state index is -3.75. The number of halogens is 1. The van der Waals surface area contributed by atoms with Gasteiger partial charge in [-0.1, -0.05) is 6.42 Å². The Bertz CT molecular complexity index is 1150. The first-order valence-electron chi connectivity index (χ1n) is 11.8. The number of ether oxygens (including phenoxy) is 2. The Morgan fingerprint density at radius 3 is 2.53 bits per heavy atom. The van der Waals surface area contributed by atoms with Crippen LogP contribution >= 0.6 is 0 Å². The van der Waals surface area contributed by atoms with Gasteiger partial charge >= 0.3 is 0 Å². The fraction of sp³-hybridized carbons (Fsp3) is 0.480. The van der Waals surface area contributed by atoms with Crippen molar-refractivity contribution in [3.63, 3.8) is 0 Å². The lowest BCUT2D eigenvalue weighted by Gasteiger charge is -2.26. The van der Waals surface area contributed by atoms with Crippen LogP contribution in [-0.2, 0) is 19.6 Å². The second kappa shape index (κ2) is 9.64. The molecule has 2 aromatic carbocycles. The number of hydrogen-bond donors (Lipinski definition) is 1. The molecule has 3 atom stereocenters. The highest BCUT2D eigenvalue weighted by Gasteiger charge is 2.40. The van der Waals surface area contributed by atoms with Crippen molar-refractivity contribution in [1.82, 2.24) is 4.31 Å². The Morgan fingerprint density at radius 1 is 1.09 bits per heavy atom. The van der Waals surface area contributed by atoms with E-state index in [4.69, 9.17) is 9.47 Å². The van der Waals surface area contributed by atoms with E-state index in [-0.39, 0.29) is 29.6 Å².